The van der Waals surface area contributed by atoms with Crippen molar-refractivity contribution in [1.82, 2.24) is 4.98 Å². The van der Waals surface area contributed by atoms with E-state index in [1.165, 1.54) is 0 Å². The molecule has 2 heterocycles. The smallest absolute Gasteiger partial charge is 0.225 e. The zero-order chi connectivity index (χ0) is 16.8. The van der Waals surface area contributed by atoms with Gasteiger partial charge in [0.2, 0.25) is 5.91 Å². The Hall–Kier alpha value is -2.20. The molecule has 0 bridgehead atoms. The van der Waals surface area contributed by atoms with Crippen LogP contribution in [-0.2, 0) is 9.53 Å². The molecule has 126 valence electrons. The number of aromatic nitrogens is 1. The van der Waals surface area contributed by atoms with Crippen molar-refractivity contribution in [3.8, 4) is 11.1 Å². The van der Waals surface area contributed by atoms with Crippen LogP contribution in [0.15, 0.2) is 48.7 Å². The molecule has 2 atom stereocenters. The number of hydrogen-bond acceptors (Lipinski definition) is 3. The van der Waals surface area contributed by atoms with Gasteiger partial charge in [-0.15, -0.1) is 0 Å². The van der Waals surface area contributed by atoms with Crippen LogP contribution in [0.3, 0.4) is 0 Å². The van der Waals surface area contributed by atoms with Gasteiger partial charge < -0.3 is 10.1 Å². The number of benzene rings is 1. The summed E-state index contributed by atoms with van der Waals surface area (Å²) in [6.45, 7) is 2.89. The fourth-order valence-corrected chi connectivity index (χ4v) is 3.23. The van der Waals surface area contributed by atoms with Crippen LogP contribution in [0.2, 0.25) is 0 Å². The quantitative estimate of drug-likeness (QED) is 0.893. The Morgan fingerprint density at radius 1 is 1.25 bits per heavy atom. The predicted octanol–water partition coefficient (Wildman–Crippen LogP) is 4.28. The zero-order valence-electron chi connectivity index (χ0n) is 14.1. The highest BCUT2D eigenvalue weighted by Crippen LogP contribution is 2.28. The van der Waals surface area contributed by atoms with Crippen molar-refractivity contribution in [2.75, 3.05) is 11.9 Å². The first kappa shape index (κ1) is 16.7. The van der Waals surface area contributed by atoms with Crippen molar-refractivity contribution in [2.24, 2.45) is 5.92 Å². The molecule has 1 aliphatic rings. The number of ether oxygens (including phenoxy) is 1. The Balaban J connectivity index is 1.67. The number of hydrogen-bond donors (Lipinski definition) is 1. The largest absolute Gasteiger partial charge is 0.378 e. The van der Waals surface area contributed by atoms with E-state index in [2.05, 4.69) is 17.2 Å². The number of pyridine rings is 1. The summed E-state index contributed by atoms with van der Waals surface area (Å²) in [5.74, 6) is 1.06. The normalized spacial score (nSPS) is 20.5. The molecule has 2 aromatic rings. The minimum atomic E-state index is 0.0348. The molecule has 0 aliphatic carbocycles. The number of rotatable bonds is 5. The summed E-state index contributed by atoms with van der Waals surface area (Å²) >= 11 is 0. The standard InChI is InChI=1S/C20H24N2O2/c1-2-17-13-15(10-12-24-17)14-19(23)22-20-18(9-6-11-21-20)16-7-4-3-5-8-16/h3-9,11,15,17H,2,10,12-14H2,1H3,(H,21,22,23)/t15-,17-/m0/s1. The molecule has 1 fully saturated rings. The van der Waals surface area contributed by atoms with Crippen LogP contribution in [0.4, 0.5) is 5.82 Å². The molecule has 4 nitrogen and oxygen atoms in total. The topological polar surface area (TPSA) is 51.2 Å². The maximum Gasteiger partial charge on any atom is 0.225 e. The van der Waals surface area contributed by atoms with E-state index in [9.17, 15) is 4.79 Å². The molecule has 0 radical (unpaired) electrons. The first-order valence-electron chi connectivity index (χ1n) is 8.68. The molecule has 0 spiro atoms. The van der Waals surface area contributed by atoms with Gasteiger partial charge in [0.05, 0.1) is 6.10 Å². The predicted molar refractivity (Wildman–Crippen MR) is 95.7 cm³/mol. The van der Waals surface area contributed by atoms with Crippen molar-refractivity contribution >= 4 is 11.7 Å². The van der Waals surface area contributed by atoms with Crippen molar-refractivity contribution in [1.29, 1.82) is 0 Å². The second kappa shape index (κ2) is 8.06. The second-order valence-electron chi connectivity index (χ2n) is 6.31. The van der Waals surface area contributed by atoms with Gasteiger partial charge in [-0.05, 0) is 42.9 Å². The molecule has 1 aromatic heterocycles. The number of carbonyl (C=O) groups is 1. The highest BCUT2D eigenvalue weighted by Gasteiger charge is 2.23. The molecular weight excluding hydrogens is 300 g/mol. The average Bonchev–Trinajstić information content (AvgIpc) is 2.63. The first-order valence-corrected chi connectivity index (χ1v) is 8.68. The van der Waals surface area contributed by atoms with Crippen LogP contribution < -0.4 is 5.32 Å². The molecular formula is C20H24N2O2. The molecule has 1 N–H and O–H groups in total. The number of carbonyl (C=O) groups excluding carboxylic acids is 1. The number of nitrogens with one attached hydrogen (secondary N) is 1. The summed E-state index contributed by atoms with van der Waals surface area (Å²) in [5, 5.41) is 3.00. The van der Waals surface area contributed by atoms with E-state index in [0.717, 1.165) is 37.0 Å². The third-order valence-corrected chi connectivity index (χ3v) is 4.56. The van der Waals surface area contributed by atoms with E-state index in [0.29, 0.717) is 24.3 Å². The third kappa shape index (κ3) is 4.20. The monoisotopic (exact) mass is 324 g/mol. The van der Waals surface area contributed by atoms with Crippen molar-refractivity contribution in [3.63, 3.8) is 0 Å². The Morgan fingerprint density at radius 3 is 2.88 bits per heavy atom. The Labute approximate surface area is 143 Å². The summed E-state index contributed by atoms with van der Waals surface area (Å²) in [7, 11) is 0. The summed E-state index contributed by atoms with van der Waals surface area (Å²) < 4.78 is 5.69. The second-order valence-corrected chi connectivity index (χ2v) is 6.31. The molecule has 1 amide bonds. The van der Waals surface area contributed by atoms with Gasteiger partial charge in [-0.3, -0.25) is 4.79 Å². The molecule has 0 saturated carbocycles. The molecule has 1 saturated heterocycles. The minimum absolute atomic E-state index is 0.0348. The molecule has 1 aliphatic heterocycles. The third-order valence-electron chi connectivity index (χ3n) is 4.56. The van der Waals surface area contributed by atoms with E-state index in [1.807, 2.05) is 42.5 Å². The average molecular weight is 324 g/mol. The number of anilines is 1. The van der Waals surface area contributed by atoms with Gasteiger partial charge in [0, 0.05) is 24.8 Å². The van der Waals surface area contributed by atoms with Crippen LogP contribution in [0.1, 0.15) is 32.6 Å². The molecule has 1 aromatic carbocycles. The summed E-state index contributed by atoms with van der Waals surface area (Å²) in [4.78, 5) is 16.8. The summed E-state index contributed by atoms with van der Waals surface area (Å²) in [5.41, 5.74) is 2.00. The van der Waals surface area contributed by atoms with Crippen LogP contribution >= 0.6 is 0 Å². The van der Waals surface area contributed by atoms with Crippen LogP contribution in [0, 0.1) is 5.92 Å². The van der Waals surface area contributed by atoms with Gasteiger partial charge in [0.25, 0.3) is 0 Å². The Bertz CT molecular complexity index is 672. The molecule has 24 heavy (non-hydrogen) atoms. The van der Waals surface area contributed by atoms with Crippen LogP contribution in [0.25, 0.3) is 11.1 Å². The van der Waals surface area contributed by atoms with E-state index in [1.54, 1.807) is 6.20 Å². The fraction of sp³-hybridized carbons (Fsp3) is 0.400. The van der Waals surface area contributed by atoms with Crippen LogP contribution in [-0.4, -0.2) is 23.6 Å². The lowest BCUT2D eigenvalue weighted by atomic mass is 9.91. The Kier molecular flexibility index (Phi) is 5.59. The molecule has 3 rings (SSSR count). The summed E-state index contributed by atoms with van der Waals surface area (Å²) in [6.07, 6.45) is 5.48. The first-order chi connectivity index (χ1) is 11.8. The van der Waals surface area contributed by atoms with Crippen LogP contribution in [0.5, 0.6) is 0 Å². The van der Waals surface area contributed by atoms with Gasteiger partial charge in [-0.2, -0.15) is 0 Å². The van der Waals surface area contributed by atoms with Gasteiger partial charge in [0.15, 0.2) is 0 Å². The van der Waals surface area contributed by atoms with E-state index < -0.39 is 0 Å². The van der Waals surface area contributed by atoms with E-state index >= 15 is 0 Å². The van der Waals surface area contributed by atoms with Gasteiger partial charge in [0.1, 0.15) is 5.82 Å². The van der Waals surface area contributed by atoms with Gasteiger partial charge in [-0.1, -0.05) is 37.3 Å². The SMILES string of the molecule is CC[C@H]1C[C@@H](CC(=O)Nc2ncccc2-c2ccccc2)CCO1. The van der Waals surface area contributed by atoms with Crippen molar-refractivity contribution in [3.05, 3.63) is 48.7 Å². The van der Waals surface area contributed by atoms with Crippen molar-refractivity contribution < 1.29 is 9.53 Å². The molecule has 4 heteroatoms. The highest BCUT2D eigenvalue weighted by atomic mass is 16.5. The maximum absolute atomic E-state index is 12.5. The van der Waals surface area contributed by atoms with E-state index in [4.69, 9.17) is 4.74 Å². The van der Waals surface area contributed by atoms with Gasteiger partial charge >= 0.3 is 0 Å². The lowest BCUT2D eigenvalue weighted by molar-refractivity contribution is -0.118. The fourth-order valence-electron chi connectivity index (χ4n) is 3.23. The number of nitrogens with zero attached hydrogens (tertiary/aromatic N) is 1. The lowest BCUT2D eigenvalue weighted by Gasteiger charge is -2.28. The van der Waals surface area contributed by atoms with Gasteiger partial charge in [-0.25, -0.2) is 4.98 Å². The highest BCUT2D eigenvalue weighted by molar-refractivity contribution is 5.94. The van der Waals surface area contributed by atoms with E-state index in [-0.39, 0.29) is 5.91 Å². The number of amides is 1. The minimum Gasteiger partial charge on any atom is -0.378 e. The Morgan fingerprint density at radius 2 is 2.08 bits per heavy atom. The van der Waals surface area contributed by atoms with Crippen molar-refractivity contribution in [2.45, 2.75) is 38.7 Å². The lowest BCUT2D eigenvalue weighted by Crippen LogP contribution is -2.28. The summed E-state index contributed by atoms with van der Waals surface area (Å²) in [6, 6.07) is 13.9. The molecule has 0 unspecified atom stereocenters. The maximum atomic E-state index is 12.5. The zero-order valence-corrected chi connectivity index (χ0v) is 14.1.